The summed E-state index contributed by atoms with van der Waals surface area (Å²) < 4.78 is 184. The van der Waals surface area contributed by atoms with E-state index < -0.39 is 132 Å². The van der Waals surface area contributed by atoms with E-state index in [9.17, 15) is 9.60 Å². The summed E-state index contributed by atoms with van der Waals surface area (Å²) in [5, 5.41) is -0.336. The van der Waals surface area contributed by atoms with Crippen LogP contribution in [-0.2, 0) is 0 Å². The summed E-state index contributed by atoms with van der Waals surface area (Å²) in [6.07, 6.45) is 0. The molecule has 1 aromatic heterocycles. The molecule has 0 aliphatic rings. The average Bonchev–Trinajstić information content (AvgIpc) is 3.74. The molecule has 0 bridgehead atoms. The summed E-state index contributed by atoms with van der Waals surface area (Å²) in [4.78, 5) is 0. The van der Waals surface area contributed by atoms with Crippen molar-refractivity contribution in [2.24, 2.45) is 0 Å². The molecule has 0 unspecified atom stereocenters. The highest BCUT2D eigenvalue weighted by Crippen LogP contribution is 2.47. The molecule has 1 heterocycles. The van der Waals surface area contributed by atoms with E-state index in [1.807, 2.05) is 0 Å². The zero-order chi connectivity index (χ0) is 48.3. The molecule has 47 heavy (non-hydrogen) atoms. The molecule has 1 heteroatoms. The maximum absolute atomic E-state index is 9.68. The average molecular weight is 617 g/mol. The van der Waals surface area contributed by atoms with Crippen molar-refractivity contribution in [3.8, 4) is 33.4 Å². The van der Waals surface area contributed by atoms with Crippen LogP contribution in [0, 0.1) is 0 Å². The standard InChI is InChI=1S/C46H28O/c1-2-12-29(13-3-1)33-24-25-41(35-17-7-6-16-34(33)35)46-39-20-10-8-18-37(39)45(38-19-9-11-21-40(38)46)32-22-23-36-42-26-30-14-4-5-15-31(30)27-44(42)47-43(36)28-32/h1-28H/i1D,2D,3D,4D,5D,6D,7D,12D,13D,14D,15D,16D,17D,22D,23D,24D,25D,26D,27D,28D. The van der Waals surface area contributed by atoms with E-state index in [0.29, 0.717) is 21.5 Å². The predicted octanol–water partition coefficient (Wildman–Crippen LogP) is 13.2. The quantitative estimate of drug-likeness (QED) is 0.180. The van der Waals surface area contributed by atoms with Gasteiger partial charge in [-0.3, -0.25) is 0 Å². The third-order valence-corrected chi connectivity index (χ3v) is 8.32. The highest BCUT2D eigenvalue weighted by molar-refractivity contribution is 6.24. The molecule has 0 aliphatic carbocycles. The van der Waals surface area contributed by atoms with E-state index in [-0.39, 0.29) is 65.7 Å². The van der Waals surface area contributed by atoms with Crippen molar-refractivity contribution < 1.29 is 31.8 Å². The first-order valence-corrected chi connectivity index (χ1v) is 14.6. The molecule has 0 radical (unpaired) electrons. The maximum atomic E-state index is 9.68. The molecule has 10 aromatic rings. The Morgan fingerprint density at radius 3 is 1.62 bits per heavy atom. The fourth-order valence-electron chi connectivity index (χ4n) is 6.33. The van der Waals surface area contributed by atoms with E-state index in [1.54, 1.807) is 48.5 Å². The van der Waals surface area contributed by atoms with Gasteiger partial charge >= 0.3 is 0 Å². The first-order valence-electron chi connectivity index (χ1n) is 24.6. The van der Waals surface area contributed by atoms with Crippen LogP contribution >= 0.6 is 0 Å². The molecule has 0 spiro atoms. The van der Waals surface area contributed by atoms with Crippen LogP contribution in [0.3, 0.4) is 0 Å². The smallest absolute Gasteiger partial charge is 0.136 e. The molecule has 0 N–H and O–H groups in total. The van der Waals surface area contributed by atoms with Crippen LogP contribution in [0.15, 0.2) is 174 Å². The number of rotatable bonds is 3. The highest BCUT2D eigenvalue weighted by atomic mass is 16.3. The van der Waals surface area contributed by atoms with Crippen LogP contribution in [0.5, 0.6) is 0 Å². The lowest BCUT2D eigenvalue weighted by molar-refractivity contribution is 0.669. The van der Waals surface area contributed by atoms with Crippen LogP contribution in [-0.4, -0.2) is 0 Å². The fraction of sp³-hybridized carbons (Fsp3) is 0. The SMILES string of the molecule is [2H]c1c([2H])c([2H])c(-c2c([2H])c([2H])c(-c3c4ccccc4c(-c4c([2H])c([2H])c5c(oc6c([2H])c7c([2H])c([2H])c([2H])c([2H])c7c([2H])c65)c4[2H])c4ccccc34)c3c([2H])c([2H])c([2H])c([2H])c23)c([2H])c1[2H]. The molecule has 0 fully saturated rings. The van der Waals surface area contributed by atoms with Crippen molar-refractivity contribution in [3.63, 3.8) is 0 Å². The second-order valence-electron chi connectivity index (χ2n) is 10.9. The zero-order valence-corrected chi connectivity index (χ0v) is 24.0. The Morgan fingerprint density at radius 2 is 0.915 bits per heavy atom. The van der Waals surface area contributed by atoms with Gasteiger partial charge in [-0.05, 0) is 101 Å². The van der Waals surface area contributed by atoms with Gasteiger partial charge in [0.15, 0.2) is 0 Å². The normalized spacial score (nSPS) is 17.8. The maximum Gasteiger partial charge on any atom is 0.136 e. The number of fused-ring (bicyclic) bond motifs is 7. The molecule has 0 saturated carbocycles. The molecule has 10 rings (SSSR count). The summed E-state index contributed by atoms with van der Waals surface area (Å²) in [6, 6.07) is 0.573. The molecular weight excluding hydrogens is 569 g/mol. The Bertz CT molecular complexity index is 3900. The van der Waals surface area contributed by atoms with E-state index in [0.717, 1.165) is 0 Å². The van der Waals surface area contributed by atoms with Gasteiger partial charge in [-0.2, -0.15) is 0 Å². The minimum absolute atomic E-state index is 0.127. The van der Waals surface area contributed by atoms with Gasteiger partial charge in [0.25, 0.3) is 0 Å². The minimum Gasteiger partial charge on any atom is -0.456 e. The number of benzene rings is 9. The minimum atomic E-state index is -0.755. The lowest BCUT2D eigenvalue weighted by Gasteiger charge is -2.19. The lowest BCUT2D eigenvalue weighted by Crippen LogP contribution is -1.92. The predicted molar refractivity (Wildman–Crippen MR) is 200 cm³/mol. The van der Waals surface area contributed by atoms with Crippen LogP contribution < -0.4 is 0 Å². The van der Waals surface area contributed by atoms with E-state index in [2.05, 4.69) is 0 Å². The molecular formula is C46H28O. The summed E-state index contributed by atoms with van der Waals surface area (Å²) in [6.45, 7) is 0. The first kappa shape index (κ1) is 13.3. The van der Waals surface area contributed by atoms with Crippen LogP contribution in [0.25, 0.3) is 98.4 Å². The molecule has 0 aliphatic heterocycles. The molecule has 1 nitrogen and oxygen atoms in total. The number of furan rings is 1. The molecule has 0 atom stereocenters. The van der Waals surface area contributed by atoms with Crippen molar-refractivity contribution in [3.05, 3.63) is 169 Å². The van der Waals surface area contributed by atoms with Gasteiger partial charge < -0.3 is 4.42 Å². The molecule has 0 amide bonds. The van der Waals surface area contributed by atoms with Gasteiger partial charge in [-0.15, -0.1) is 0 Å². The Balaban J connectivity index is 1.37. The van der Waals surface area contributed by atoms with Gasteiger partial charge in [-0.25, -0.2) is 0 Å². The van der Waals surface area contributed by atoms with Crippen molar-refractivity contribution in [1.29, 1.82) is 0 Å². The molecule has 9 aromatic carbocycles. The van der Waals surface area contributed by atoms with Crippen molar-refractivity contribution in [2.45, 2.75) is 0 Å². The largest absolute Gasteiger partial charge is 0.456 e. The Labute approximate surface area is 300 Å². The van der Waals surface area contributed by atoms with Crippen molar-refractivity contribution >= 4 is 65.0 Å². The monoisotopic (exact) mass is 616 g/mol. The van der Waals surface area contributed by atoms with Crippen molar-refractivity contribution in [1.82, 2.24) is 0 Å². The lowest BCUT2D eigenvalue weighted by atomic mass is 9.83. The Hall–Kier alpha value is -6.18. The number of hydrogen-bond donors (Lipinski definition) is 0. The molecule has 218 valence electrons. The van der Waals surface area contributed by atoms with Gasteiger partial charge in [0.2, 0.25) is 0 Å². The molecule has 0 saturated heterocycles. The van der Waals surface area contributed by atoms with Gasteiger partial charge in [-0.1, -0.05) is 145 Å². The van der Waals surface area contributed by atoms with Crippen LogP contribution in [0.2, 0.25) is 0 Å². The van der Waals surface area contributed by atoms with E-state index in [1.165, 1.54) is 0 Å². The highest BCUT2D eigenvalue weighted by Gasteiger charge is 2.20. The van der Waals surface area contributed by atoms with E-state index >= 15 is 0 Å². The Morgan fingerprint density at radius 1 is 0.362 bits per heavy atom. The van der Waals surface area contributed by atoms with Crippen LogP contribution in [0.1, 0.15) is 27.4 Å². The fourth-order valence-corrected chi connectivity index (χ4v) is 6.33. The van der Waals surface area contributed by atoms with Gasteiger partial charge in [0.1, 0.15) is 11.2 Å². The third kappa shape index (κ3) is 3.97. The first-order chi connectivity index (χ1) is 31.7. The summed E-state index contributed by atoms with van der Waals surface area (Å²) in [5.74, 6) is 0. The second-order valence-corrected chi connectivity index (χ2v) is 10.9. The topological polar surface area (TPSA) is 13.1 Å². The summed E-state index contributed by atoms with van der Waals surface area (Å²) in [5.41, 5.74) is -1.47. The second kappa shape index (κ2) is 10.2. The van der Waals surface area contributed by atoms with Gasteiger partial charge in [0.05, 0.1) is 27.4 Å². The summed E-state index contributed by atoms with van der Waals surface area (Å²) in [7, 11) is 0. The van der Waals surface area contributed by atoms with Crippen LogP contribution in [0.4, 0.5) is 0 Å². The number of hydrogen-bond acceptors (Lipinski definition) is 1. The summed E-state index contributed by atoms with van der Waals surface area (Å²) >= 11 is 0. The van der Waals surface area contributed by atoms with Crippen molar-refractivity contribution in [2.75, 3.05) is 0 Å². The van der Waals surface area contributed by atoms with Gasteiger partial charge in [0, 0.05) is 10.8 Å². The third-order valence-electron chi connectivity index (χ3n) is 8.32. The zero-order valence-electron chi connectivity index (χ0n) is 44.0. The Kier molecular flexibility index (Phi) is 2.87. The van der Waals surface area contributed by atoms with E-state index in [4.69, 9.17) is 22.2 Å².